The van der Waals surface area contributed by atoms with Crippen LogP contribution in [-0.2, 0) is 24.0 Å². The number of hydrogen-bond acceptors (Lipinski definition) is 7. The molecule has 0 rings (SSSR count). The first-order valence-electron chi connectivity index (χ1n) is 11.6. The van der Waals surface area contributed by atoms with Gasteiger partial charge in [-0.1, -0.05) is 27.7 Å². The van der Waals surface area contributed by atoms with Crippen molar-refractivity contribution < 1.29 is 34.2 Å². The number of carbonyl (C=O) groups excluding carboxylic acids is 3. The van der Waals surface area contributed by atoms with Gasteiger partial charge in [-0.15, -0.1) is 0 Å². The van der Waals surface area contributed by atoms with Crippen molar-refractivity contribution in [1.29, 1.82) is 0 Å². The predicted octanol–water partition coefficient (Wildman–Crippen LogP) is -0.451. The highest BCUT2D eigenvalue weighted by Crippen LogP contribution is 2.09. The summed E-state index contributed by atoms with van der Waals surface area (Å²) < 4.78 is 0. The molecule has 196 valence electrons. The molecule has 0 aliphatic rings. The fourth-order valence-electron chi connectivity index (χ4n) is 3.19. The molecular formula is C22H41N5O7. The first-order valence-corrected chi connectivity index (χ1v) is 11.6. The van der Waals surface area contributed by atoms with E-state index in [1.165, 1.54) is 0 Å². The van der Waals surface area contributed by atoms with Gasteiger partial charge in [-0.3, -0.25) is 19.2 Å². The minimum absolute atomic E-state index is 0.0287. The van der Waals surface area contributed by atoms with Crippen molar-refractivity contribution in [3.8, 4) is 0 Å². The van der Waals surface area contributed by atoms with Gasteiger partial charge < -0.3 is 37.6 Å². The van der Waals surface area contributed by atoms with Gasteiger partial charge in [0.15, 0.2) is 0 Å². The average Bonchev–Trinajstić information content (AvgIpc) is 2.73. The normalized spacial score (nSPS) is 14.7. The highest BCUT2D eigenvalue weighted by atomic mass is 16.4. The van der Waals surface area contributed by atoms with Crippen molar-refractivity contribution in [2.24, 2.45) is 23.3 Å². The molecule has 9 N–H and O–H groups in total. The molecule has 0 aliphatic heterocycles. The zero-order valence-corrected chi connectivity index (χ0v) is 20.5. The maximum Gasteiger partial charge on any atom is 0.326 e. The molecule has 0 fully saturated rings. The van der Waals surface area contributed by atoms with Crippen LogP contribution in [-0.4, -0.2) is 70.6 Å². The maximum absolute atomic E-state index is 13.0. The molecule has 0 saturated heterocycles. The monoisotopic (exact) mass is 487 g/mol. The Bertz CT molecular complexity index is 699. The number of nitrogens with two attached hydrogens (primary N) is 2. The van der Waals surface area contributed by atoms with Crippen LogP contribution < -0.4 is 27.4 Å². The quantitative estimate of drug-likeness (QED) is 0.132. The third-order valence-electron chi connectivity index (χ3n) is 5.15. The molecule has 34 heavy (non-hydrogen) atoms. The Morgan fingerprint density at radius 1 is 0.794 bits per heavy atom. The summed E-state index contributed by atoms with van der Waals surface area (Å²) in [5.74, 6) is -4.54. The summed E-state index contributed by atoms with van der Waals surface area (Å²) in [5.41, 5.74) is 11.3. The Morgan fingerprint density at radius 2 is 1.38 bits per heavy atom. The van der Waals surface area contributed by atoms with Gasteiger partial charge >= 0.3 is 11.9 Å². The van der Waals surface area contributed by atoms with Gasteiger partial charge in [0.05, 0.1) is 6.04 Å². The lowest BCUT2D eigenvalue weighted by molar-refractivity contribution is -0.143. The van der Waals surface area contributed by atoms with Crippen LogP contribution >= 0.6 is 0 Å². The highest BCUT2D eigenvalue weighted by Gasteiger charge is 2.32. The van der Waals surface area contributed by atoms with Gasteiger partial charge in [-0.05, 0) is 50.5 Å². The van der Waals surface area contributed by atoms with E-state index in [1.54, 1.807) is 13.8 Å². The molecule has 12 nitrogen and oxygen atoms in total. The van der Waals surface area contributed by atoms with E-state index < -0.39 is 53.8 Å². The topological polar surface area (TPSA) is 214 Å². The second-order valence-corrected chi connectivity index (χ2v) is 9.14. The van der Waals surface area contributed by atoms with Crippen LogP contribution in [0.4, 0.5) is 0 Å². The van der Waals surface area contributed by atoms with Crippen LogP contribution in [0.25, 0.3) is 0 Å². The molecule has 4 atom stereocenters. The van der Waals surface area contributed by atoms with Crippen molar-refractivity contribution >= 4 is 29.7 Å². The van der Waals surface area contributed by atoms with E-state index in [9.17, 15) is 29.1 Å². The molecule has 0 aromatic rings. The predicted molar refractivity (Wildman–Crippen MR) is 125 cm³/mol. The Kier molecular flexibility index (Phi) is 14.7. The number of rotatable bonds is 17. The molecule has 3 amide bonds. The van der Waals surface area contributed by atoms with E-state index >= 15 is 0 Å². The second kappa shape index (κ2) is 16.0. The third-order valence-corrected chi connectivity index (χ3v) is 5.15. The summed E-state index contributed by atoms with van der Waals surface area (Å²) in [7, 11) is 0. The van der Waals surface area contributed by atoms with Crippen molar-refractivity contribution in [3.05, 3.63) is 0 Å². The van der Waals surface area contributed by atoms with Crippen molar-refractivity contribution in [1.82, 2.24) is 16.0 Å². The van der Waals surface area contributed by atoms with Gasteiger partial charge in [-0.2, -0.15) is 0 Å². The molecule has 0 heterocycles. The SMILES string of the molecule is CC(C)C[C@H](NC(=O)[C@@H](NC(=O)[C@H](CCCCN)NC(=O)[C@@H](N)CCC(=O)O)C(C)C)C(=O)O. The van der Waals surface area contributed by atoms with Gasteiger partial charge in [0, 0.05) is 6.42 Å². The number of amides is 3. The zero-order valence-electron chi connectivity index (χ0n) is 20.5. The lowest BCUT2D eigenvalue weighted by atomic mass is 9.99. The number of carbonyl (C=O) groups is 5. The number of aliphatic carboxylic acids is 2. The lowest BCUT2D eigenvalue weighted by Gasteiger charge is -2.27. The van der Waals surface area contributed by atoms with Gasteiger partial charge in [0.2, 0.25) is 17.7 Å². The molecule has 0 aromatic heterocycles. The summed E-state index contributed by atoms with van der Waals surface area (Å²) in [4.78, 5) is 60.4. The minimum atomic E-state index is -1.17. The highest BCUT2D eigenvalue weighted by molar-refractivity contribution is 5.94. The molecule has 0 aromatic carbocycles. The number of carboxylic acid groups (broad SMARTS) is 2. The second-order valence-electron chi connectivity index (χ2n) is 9.14. The van der Waals surface area contributed by atoms with Gasteiger partial charge in [0.25, 0.3) is 0 Å². The Labute approximate surface area is 200 Å². The number of unbranched alkanes of at least 4 members (excludes halogenated alkanes) is 1. The van der Waals surface area contributed by atoms with E-state index in [-0.39, 0.29) is 37.5 Å². The summed E-state index contributed by atoms with van der Waals surface area (Å²) in [6, 6.07) is -4.26. The third kappa shape index (κ3) is 12.5. The molecule has 0 spiro atoms. The summed E-state index contributed by atoms with van der Waals surface area (Å²) in [6.07, 6.45) is 1.20. The van der Waals surface area contributed by atoms with E-state index in [0.29, 0.717) is 19.4 Å². The zero-order chi connectivity index (χ0) is 26.4. The molecular weight excluding hydrogens is 446 g/mol. The Hall–Kier alpha value is -2.73. The number of nitrogens with one attached hydrogen (secondary N) is 3. The summed E-state index contributed by atoms with van der Waals surface area (Å²) >= 11 is 0. The van der Waals surface area contributed by atoms with Gasteiger partial charge in [0.1, 0.15) is 18.1 Å². The molecule has 12 heteroatoms. The standard InChI is InChI=1S/C22H41N5O7/c1-12(2)11-16(22(33)34)26-21(32)18(13(3)4)27-20(31)15(7-5-6-10-23)25-19(30)14(24)8-9-17(28)29/h12-16,18H,5-11,23-24H2,1-4H3,(H,25,30)(H,26,32)(H,27,31)(H,28,29)(H,33,34)/t14-,15-,16-,18-/m0/s1. The van der Waals surface area contributed by atoms with Crippen LogP contribution in [0.15, 0.2) is 0 Å². The maximum atomic E-state index is 13.0. The minimum Gasteiger partial charge on any atom is -0.481 e. The first kappa shape index (κ1) is 31.3. The molecule has 0 aliphatic carbocycles. The fraction of sp³-hybridized carbons (Fsp3) is 0.773. The molecule has 0 radical (unpaired) electrons. The smallest absolute Gasteiger partial charge is 0.326 e. The lowest BCUT2D eigenvalue weighted by Crippen LogP contribution is -2.58. The van der Waals surface area contributed by atoms with E-state index in [0.717, 1.165) is 0 Å². The summed E-state index contributed by atoms with van der Waals surface area (Å²) in [6.45, 7) is 7.46. The molecule has 0 saturated carbocycles. The largest absolute Gasteiger partial charge is 0.481 e. The molecule has 0 bridgehead atoms. The summed E-state index contributed by atoms with van der Waals surface area (Å²) in [5, 5.41) is 25.8. The van der Waals surface area contributed by atoms with E-state index in [2.05, 4.69) is 16.0 Å². The van der Waals surface area contributed by atoms with E-state index in [1.807, 2.05) is 13.8 Å². The van der Waals surface area contributed by atoms with Crippen molar-refractivity contribution in [2.45, 2.75) is 90.4 Å². The fourth-order valence-corrected chi connectivity index (χ4v) is 3.19. The van der Waals surface area contributed by atoms with Crippen LogP contribution in [0.1, 0.15) is 66.2 Å². The molecule has 0 unspecified atom stereocenters. The first-order chi connectivity index (χ1) is 15.8. The van der Waals surface area contributed by atoms with Crippen LogP contribution in [0.3, 0.4) is 0 Å². The van der Waals surface area contributed by atoms with E-state index in [4.69, 9.17) is 16.6 Å². The number of carboxylic acids is 2. The number of hydrogen-bond donors (Lipinski definition) is 7. The van der Waals surface area contributed by atoms with Gasteiger partial charge in [-0.25, -0.2) is 4.79 Å². The average molecular weight is 488 g/mol. The van der Waals surface area contributed by atoms with Crippen LogP contribution in [0, 0.1) is 11.8 Å². The Morgan fingerprint density at radius 3 is 1.85 bits per heavy atom. The van der Waals surface area contributed by atoms with Crippen LogP contribution in [0.5, 0.6) is 0 Å². The van der Waals surface area contributed by atoms with Crippen LogP contribution in [0.2, 0.25) is 0 Å². The van der Waals surface area contributed by atoms with Crippen molar-refractivity contribution in [3.63, 3.8) is 0 Å². The Balaban J connectivity index is 5.41. The van der Waals surface area contributed by atoms with Crippen molar-refractivity contribution in [2.75, 3.05) is 6.54 Å².